The first-order chi connectivity index (χ1) is 13.6. The molecule has 5 nitrogen and oxygen atoms in total. The summed E-state index contributed by atoms with van der Waals surface area (Å²) in [5.74, 6) is 1.08. The third kappa shape index (κ3) is 4.24. The van der Waals surface area contributed by atoms with Gasteiger partial charge in [-0.25, -0.2) is 0 Å². The highest BCUT2D eigenvalue weighted by atomic mass is 16.2. The Balaban J connectivity index is 1.22. The van der Waals surface area contributed by atoms with Crippen LogP contribution in [0.3, 0.4) is 0 Å². The second kappa shape index (κ2) is 8.73. The van der Waals surface area contributed by atoms with E-state index in [1.54, 1.807) is 0 Å². The number of carbonyl (C=O) groups is 2. The molecule has 0 bridgehead atoms. The minimum absolute atomic E-state index is 0.0979. The van der Waals surface area contributed by atoms with E-state index in [1.807, 2.05) is 0 Å². The molecule has 0 aromatic heterocycles. The lowest BCUT2D eigenvalue weighted by Crippen LogP contribution is -2.52. The van der Waals surface area contributed by atoms with Crippen LogP contribution in [0.5, 0.6) is 0 Å². The van der Waals surface area contributed by atoms with Crippen LogP contribution in [0.25, 0.3) is 0 Å². The summed E-state index contributed by atoms with van der Waals surface area (Å²) < 4.78 is 0. The van der Waals surface area contributed by atoms with E-state index in [0.29, 0.717) is 17.9 Å². The Morgan fingerprint density at radius 3 is 1.93 bits per heavy atom. The summed E-state index contributed by atoms with van der Waals surface area (Å²) in [5.41, 5.74) is -0.0979. The fraction of sp³-hybridized carbons (Fsp3) is 0.913. The lowest BCUT2D eigenvalue weighted by Gasteiger charge is -2.44. The number of likely N-dealkylation sites (tertiary alicyclic amines) is 3. The van der Waals surface area contributed by atoms with Crippen LogP contribution in [-0.4, -0.2) is 71.8 Å². The fourth-order valence-corrected chi connectivity index (χ4v) is 6.07. The van der Waals surface area contributed by atoms with Gasteiger partial charge in [0.05, 0.1) is 0 Å². The highest BCUT2D eigenvalue weighted by Gasteiger charge is 2.39. The Labute approximate surface area is 170 Å². The molecule has 3 heterocycles. The Morgan fingerprint density at radius 1 is 0.714 bits per heavy atom. The molecular weight excluding hydrogens is 350 g/mol. The van der Waals surface area contributed by atoms with Gasteiger partial charge in [0.1, 0.15) is 0 Å². The smallest absolute Gasteiger partial charge is 0.228 e. The van der Waals surface area contributed by atoms with Crippen LogP contribution in [0.15, 0.2) is 0 Å². The van der Waals surface area contributed by atoms with Crippen LogP contribution in [0.4, 0.5) is 0 Å². The van der Waals surface area contributed by atoms with Gasteiger partial charge in [0, 0.05) is 43.6 Å². The molecule has 2 amide bonds. The molecule has 0 aromatic rings. The minimum Gasteiger partial charge on any atom is -0.342 e. The zero-order valence-corrected chi connectivity index (χ0v) is 17.8. The molecule has 0 N–H and O–H groups in total. The molecule has 158 valence electrons. The summed E-state index contributed by atoms with van der Waals surface area (Å²) in [6, 6.07) is 0.603. The Kier molecular flexibility index (Phi) is 6.29. The maximum atomic E-state index is 13.1. The monoisotopic (exact) mass is 389 g/mol. The predicted molar refractivity (Wildman–Crippen MR) is 111 cm³/mol. The van der Waals surface area contributed by atoms with Gasteiger partial charge in [-0.15, -0.1) is 0 Å². The van der Waals surface area contributed by atoms with Crippen molar-refractivity contribution in [1.29, 1.82) is 0 Å². The number of hydrogen-bond acceptors (Lipinski definition) is 3. The lowest BCUT2D eigenvalue weighted by atomic mass is 9.74. The second-order valence-corrected chi connectivity index (χ2v) is 9.99. The Hall–Kier alpha value is -1.10. The number of rotatable bonds is 3. The summed E-state index contributed by atoms with van der Waals surface area (Å²) in [4.78, 5) is 32.6. The Bertz CT molecular complexity index is 550. The highest BCUT2D eigenvalue weighted by molar-refractivity contribution is 5.82. The van der Waals surface area contributed by atoms with Crippen molar-refractivity contribution in [2.75, 3.05) is 39.3 Å². The van der Waals surface area contributed by atoms with Gasteiger partial charge < -0.3 is 14.7 Å². The maximum absolute atomic E-state index is 13.1. The van der Waals surface area contributed by atoms with Gasteiger partial charge in [-0.3, -0.25) is 9.59 Å². The first-order valence-electron chi connectivity index (χ1n) is 11.9. The van der Waals surface area contributed by atoms with Crippen LogP contribution in [0.1, 0.15) is 77.6 Å². The maximum Gasteiger partial charge on any atom is 0.228 e. The zero-order valence-electron chi connectivity index (χ0n) is 17.8. The Morgan fingerprint density at radius 2 is 1.32 bits per heavy atom. The van der Waals surface area contributed by atoms with Crippen LogP contribution in [-0.2, 0) is 9.59 Å². The van der Waals surface area contributed by atoms with Crippen molar-refractivity contribution in [3.8, 4) is 0 Å². The van der Waals surface area contributed by atoms with Crippen molar-refractivity contribution in [3.05, 3.63) is 0 Å². The van der Waals surface area contributed by atoms with Crippen molar-refractivity contribution >= 4 is 11.8 Å². The molecule has 0 atom stereocenters. The minimum atomic E-state index is -0.0979. The third-order valence-corrected chi connectivity index (χ3v) is 8.04. The van der Waals surface area contributed by atoms with Gasteiger partial charge >= 0.3 is 0 Å². The molecule has 0 aromatic carbocycles. The molecule has 0 unspecified atom stereocenters. The molecule has 1 aliphatic carbocycles. The molecule has 3 saturated heterocycles. The van der Waals surface area contributed by atoms with Gasteiger partial charge in [0.25, 0.3) is 0 Å². The molecule has 4 aliphatic rings. The molecule has 0 spiro atoms. The van der Waals surface area contributed by atoms with Crippen molar-refractivity contribution in [2.45, 2.75) is 83.6 Å². The topological polar surface area (TPSA) is 43.9 Å². The van der Waals surface area contributed by atoms with E-state index < -0.39 is 0 Å². The number of hydrogen-bond donors (Lipinski definition) is 0. The molecule has 4 rings (SSSR count). The van der Waals surface area contributed by atoms with E-state index in [0.717, 1.165) is 77.8 Å². The normalized spacial score (nSPS) is 27.9. The van der Waals surface area contributed by atoms with Crippen molar-refractivity contribution in [3.63, 3.8) is 0 Å². The van der Waals surface area contributed by atoms with Crippen LogP contribution in [0.2, 0.25) is 0 Å². The van der Waals surface area contributed by atoms with Gasteiger partial charge in [0.2, 0.25) is 11.8 Å². The highest BCUT2D eigenvalue weighted by Crippen LogP contribution is 2.38. The predicted octanol–water partition coefficient (Wildman–Crippen LogP) is 3.28. The van der Waals surface area contributed by atoms with Crippen LogP contribution in [0, 0.1) is 11.3 Å². The summed E-state index contributed by atoms with van der Waals surface area (Å²) in [7, 11) is 0. The fourth-order valence-electron chi connectivity index (χ4n) is 6.07. The number of carbonyl (C=O) groups excluding carboxylic acids is 2. The molecule has 3 aliphatic heterocycles. The van der Waals surface area contributed by atoms with Gasteiger partial charge in [-0.05, 0) is 64.5 Å². The molecule has 1 saturated carbocycles. The number of amides is 2. The van der Waals surface area contributed by atoms with E-state index in [2.05, 4.69) is 21.6 Å². The van der Waals surface area contributed by atoms with Crippen molar-refractivity contribution < 1.29 is 9.59 Å². The number of nitrogens with zero attached hydrogens (tertiary/aromatic N) is 3. The van der Waals surface area contributed by atoms with Gasteiger partial charge in [-0.2, -0.15) is 0 Å². The van der Waals surface area contributed by atoms with E-state index in [1.165, 1.54) is 32.1 Å². The van der Waals surface area contributed by atoms with Gasteiger partial charge in [-0.1, -0.05) is 26.2 Å². The summed E-state index contributed by atoms with van der Waals surface area (Å²) in [6.07, 6.45) is 12.5. The molecule has 0 radical (unpaired) electrons. The SMILES string of the molecule is CC1(C(=O)N2CCC(N3CCC(C(=O)N4CCCC4)CC3)CC2)CCCCC1. The van der Waals surface area contributed by atoms with E-state index in [-0.39, 0.29) is 11.3 Å². The lowest BCUT2D eigenvalue weighted by molar-refractivity contribution is -0.145. The average Bonchev–Trinajstić information content (AvgIpc) is 3.28. The van der Waals surface area contributed by atoms with Gasteiger partial charge in [0.15, 0.2) is 0 Å². The van der Waals surface area contributed by atoms with Crippen molar-refractivity contribution in [1.82, 2.24) is 14.7 Å². The first kappa shape index (κ1) is 20.2. The van der Waals surface area contributed by atoms with E-state index in [9.17, 15) is 9.59 Å². The zero-order chi connectivity index (χ0) is 19.6. The first-order valence-corrected chi connectivity index (χ1v) is 11.9. The van der Waals surface area contributed by atoms with E-state index in [4.69, 9.17) is 0 Å². The molecule has 4 fully saturated rings. The van der Waals surface area contributed by atoms with Crippen molar-refractivity contribution in [2.24, 2.45) is 11.3 Å². The molecular formula is C23H39N3O2. The summed E-state index contributed by atoms with van der Waals surface area (Å²) in [6.45, 7) is 8.11. The second-order valence-electron chi connectivity index (χ2n) is 9.99. The average molecular weight is 390 g/mol. The van der Waals surface area contributed by atoms with E-state index >= 15 is 0 Å². The molecule has 5 heteroatoms. The standard InChI is InChI=1S/C23H39N3O2/c1-23(11-3-2-4-12-23)22(28)26-17-9-20(10-18-26)24-15-7-19(8-16-24)21(27)25-13-5-6-14-25/h19-20H,2-18H2,1H3. The quantitative estimate of drug-likeness (QED) is 0.744. The summed E-state index contributed by atoms with van der Waals surface area (Å²) in [5, 5.41) is 0. The summed E-state index contributed by atoms with van der Waals surface area (Å²) >= 11 is 0. The van der Waals surface area contributed by atoms with Crippen LogP contribution < -0.4 is 0 Å². The largest absolute Gasteiger partial charge is 0.342 e. The third-order valence-electron chi connectivity index (χ3n) is 8.04. The van der Waals surface area contributed by atoms with Crippen LogP contribution >= 0.6 is 0 Å². The number of piperidine rings is 2. The molecule has 28 heavy (non-hydrogen) atoms.